The Hall–Kier alpha value is -3.11. The maximum atomic E-state index is 13.5. The van der Waals surface area contributed by atoms with E-state index in [-0.39, 0.29) is 18.0 Å². The van der Waals surface area contributed by atoms with E-state index >= 15 is 0 Å². The van der Waals surface area contributed by atoms with E-state index in [0.717, 1.165) is 23.4 Å². The first-order valence-electron chi connectivity index (χ1n) is 10.1. The van der Waals surface area contributed by atoms with E-state index < -0.39 is 21.7 Å². The van der Waals surface area contributed by atoms with E-state index in [9.17, 15) is 17.2 Å². The molecule has 1 aromatic heterocycles. The first-order chi connectivity index (χ1) is 15.2. The lowest BCUT2D eigenvalue weighted by Gasteiger charge is -2.34. The van der Waals surface area contributed by atoms with Gasteiger partial charge in [-0.15, -0.1) is 0 Å². The minimum absolute atomic E-state index is 0.200. The SMILES string of the molecule is Cc1ccc(Nc2cc(N3CCN(S(=O)(=O)c4ccc(F)c(F)c4)CC3)nc(C)n2)cc1. The van der Waals surface area contributed by atoms with Crippen LogP contribution in [0.1, 0.15) is 11.4 Å². The van der Waals surface area contributed by atoms with Crippen LogP contribution in [0.25, 0.3) is 0 Å². The van der Waals surface area contributed by atoms with E-state index in [0.29, 0.717) is 36.6 Å². The van der Waals surface area contributed by atoms with Crippen molar-refractivity contribution in [1.29, 1.82) is 0 Å². The number of hydrogen-bond acceptors (Lipinski definition) is 6. The Bertz CT molecular complexity index is 1230. The molecule has 10 heteroatoms. The quantitative estimate of drug-likeness (QED) is 0.628. The van der Waals surface area contributed by atoms with Gasteiger partial charge in [0.05, 0.1) is 4.90 Å². The zero-order valence-electron chi connectivity index (χ0n) is 17.7. The fraction of sp³-hybridized carbons (Fsp3) is 0.273. The molecule has 3 aromatic rings. The standard InChI is InChI=1S/C22H23F2N5O2S/c1-15-3-5-17(6-4-15)27-21-14-22(26-16(2)25-21)28-9-11-29(12-10-28)32(30,31)18-7-8-19(23)20(24)13-18/h3-8,13-14H,9-12H2,1-2H3,(H,25,26,27). The van der Waals surface area contributed by atoms with Crippen LogP contribution in [0.15, 0.2) is 53.4 Å². The van der Waals surface area contributed by atoms with Crippen molar-refractivity contribution in [2.24, 2.45) is 0 Å². The summed E-state index contributed by atoms with van der Waals surface area (Å²) in [6.45, 7) is 5.03. The number of hydrogen-bond donors (Lipinski definition) is 1. The van der Waals surface area contributed by atoms with Crippen molar-refractivity contribution in [2.45, 2.75) is 18.7 Å². The normalized spacial score (nSPS) is 15.1. The summed E-state index contributed by atoms with van der Waals surface area (Å²) >= 11 is 0. The van der Waals surface area contributed by atoms with Gasteiger partial charge in [-0.2, -0.15) is 4.31 Å². The van der Waals surface area contributed by atoms with Crippen molar-refractivity contribution in [3.63, 3.8) is 0 Å². The minimum Gasteiger partial charge on any atom is -0.354 e. The van der Waals surface area contributed by atoms with E-state index in [1.54, 1.807) is 6.92 Å². The predicted molar refractivity (Wildman–Crippen MR) is 119 cm³/mol. The van der Waals surface area contributed by atoms with Gasteiger partial charge in [-0.25, -0.2) is 27.2 Å². The highest BCUT2D eigenvalue weighted by Crippen LogP contribution is 2.24. The molecule has 1 aliphatic rings. The minimum atomic E-state index is -3.91. The molecule has 0 unspecified atom stereocenters. The monoisotopic (exact) mass is 459 g/mol. The van der Waals surface area contributed by atoms with Crippen molar-refractivity contribution in [3.05, 3.63) is 71.6 Å². The molecule has 0 bridgehead atoms. The molecule has 1 fully saturated rings. The molecule has 7 nitrogen and oxygen atoms in total. The second-order valence-corrected chi connectivity index (χ2v) is 9.55. The van der Waals surface area contributed by atoms with Gasteiger partial charge < -0.3 is 10.2 Å². The number of halogens is 2. The zero-order chi connectivity index (χ0) is 22.9. The number of nitrogens with zero attached hydrogens (tertiary/aromatic N) is 4. The van der Waals surface area contributed by atoms with Crippen LogP contribution in [0.2, 0.25) is 0 Å². The second-order valence-electron chi connectivity index (χ2n) is 7.62. The summed E-state index contributed by atoms with van der Waals surface area (Å²) in [5, 5.41) is 3.27. The van der Waals surface area contributed by atoms with Gasteiger partial charge in [0, 0.05) is 37.9 Å². The summed E-state index contributed by atoms with van der Waals surface area (Å²) in [4.78, 5) is 10.7. The lowest BCUT2D eigenvalue weighted by molar-refractivity contribution is 0.383. The molecule has 0 spiro atoms. The molecule has 0 amide bonds. The average molecular weight is 460 g/mol. The van der Waals surface area contributed by atoms with Gasteiger partial charge in [0.25, 0.3) is 0 Å². The highest BCUT2D eigenvalue weighted by molar-refractivity contribution is 7.89. The van der Waals surface area contributed by atoms with E-state index in [1.807, 2.05) is 42.2 Å². The third-order valence-corrected chi connectivity index (χ3v) is 7.13. The van der Waals surface area contributed by atoms with Gasteiger partial charge in [-0.05, 0) is 44.2 Å². The van der Waals surface area contributed by atoms with Gasteiger partial charge in [0.15, 0.2) is 11.6 Å². The Kier molecular flexibility index (Phi) is 6.07. The Balaban J connectivity index is 1.47. The first-order valence-corrected chi connectivity index (χ1v) is 11.6. The number of nitrogens with one attached hydrogen (secondary N) is 1. The van der Waals surface area contributed by atoms with Gasteiger partial charge in [-0.1, -0.05) is 17.7 Å². The predicted octanol–water partition coefficient (Wildman–Crippen LogP) is 3.63. The van der Waals surface area contributed by atoms with Crippen LogP contribution in [0.4, 0.5) is 26.1 Å². The molecule has 0 aliphatic carbocycles. The third-order valence-electron chi connectivity index (χ3n) is 5.24. The molecular weight excluding hydrogens is 436 g/mol. The van der Waals surface area contributed by atoms with E-state index in [1.165, 1.54) is 4.31 Å². The Morgan fingerprint density at radius 2 is 1.56 bits per heavy atom. The van der Waals surface area contributed by atoms with Crippen molar-refractivity contribution in [2.75, 3.05) is 36.4 Å². The molecule has 0 atom stereocenters. The van der Waals surface area contributed by atoms with Gasteiger partial charge in [0.2, 0.25) is 10.0 Å². The number of rotatable bonds is 5. The van der Waals surface area contributed by atoms with Gasteiger partial charge >= 0.3 is 0 Å². The van der Waals surface area contributed by atoms with Crippen molar-refractivity contribution in [3.8, 4) is 0 Å². The number of aromatic nitrogens is 2. The topological polar surface area (TPSA) is 78.4 Å². The van der Waals surface area contributed by atoms with Crippen molar-refractivity contribution < 1.29 is 17.2 Å². The number of piperazine rings is 1. The highest BCUT2D eigenvalue weighted by atomic mass is 32.2. The molecule has 32 heavy (non-hydrogen) atoms. The summed E-state index contributed by atoms with van der Waals surface area (Å²) in [5.41, 5.74) is 2.06. The number of sulfonamides is 1. The summed E-state index contributed by atoms with van der Waals surface area (Å²) in [6.07, 6.45) is 0. The summed E-state index contributed by atoms with van der Waals surface area (Å²) in [6, 6.07) is 12.4. The zero-order valence-corrected chi connectivity index (χ0v) is 18.5. The molecule has 0 radical (unpaired) electrons. The Morgan fingerprint density at radius 1 is 0.875 bits per heavy atom. The molecule has 1 aliphatic heterocycles. The maximum Gasteiger partial charge on any atom is 0.243 e. The van der Waals surface area contributed by atoms with Crippen LogP contribution in [0.5, 0.6) is 0 Å². The molecular formula is C22H23F2N5O2S. The van der Waals surface area contributed by atoms with Crippen LogP contribution in [-0.2, 0) is 10.0 Å². The number of anilines is 3. The smallest absolute Gasteiger partial charge is 0.243 e. The lowest BCUT2D eigenvalue weighted by Crippen LogP contribution is -2.49. The van der Waals surface area contributed by atoms with Gasteiger partial charge in [-0.3, -0.25) is 0 Å². The molecule has 2 aromatic carbocycles. The molecule has 2 heterocycles. The fourth-order valence-corrected chi connectivity index (χ4v) is 4.94. The van der Waals surface area contributed by atoms with Crippen LogP contribution in [0, 0.1) is 25.5 Å². The number of aryl methyl sites for hydroxylation is 2. The maximum absolute atomic E-state index is 13.5. The van der Waals surface area contributed by atoms with Crippen molar-refractivity contribution in [1.82, 2.24) is 14.3 Å². The number of benzene rings is 2. The van der Waals surface area contributed by atoms with Crippen LogP contribution in [0.3, 0.4) is 0 Å². The average Bonchev–Trinajstić information content (AvgIpc) is 2.77. The van der Waals surface area contributed by atoms with Gasteiger partial charge in [0.1, 0.15) is 17.5 Å². The Morgan fingerprint density at radius 3 is 2.22 bits per heavy atom. The lowest BCUT2D eigenvalue weighted by atomic mass is 10.2. The van der Waals surface area contributed by atoms with E-state index in [4.69, 9.17) is 0 Å². The summed E-state index contributed by atoms with van der Waals surface area (Å²) in [5.74, 6) is -0.336. The highest BCUT2D eigenvalue weighted by Gasteiger charge is 2.29. The second kappa shape index (κ2) is 8.79. The summed E-state index contributed by atoms with van der Waals surface area (Å²) in [7, 11) is -3.91. The Labute approximate surface area is 185 Å². The molecule has 0 saturated carbocycles. The molecule has 168 valence electrons. The summed E-state index contributed by atoms with van der Waals surface area (Å²) < 4.78 is 53.6. The van der Waals surface area contributed by atoms with Crippen LogP contribution >= 0.6 is 0 Å². The molecule has 1 N–H and O–H groups in total. The van der Waals surface area contributed by atoms with Crippen molar-refractivity contribution >= 4 is 27.3 Å². The van der Waals surface area contributed by atoms with Crippen LogP contribution < -0.4 is 10.2 Å². The fourth-order valence-electron chi connectivity index (χ4n) is 3.51. The molecule has 4 rings (SSSR count). The molecule has 1 saturated heterocycles. The van der Waals surface area contributed by atoms with Crippen LogP contribution in [-0.4, -0.2) is 48.9 Å². The van der Waals surface area contributed by atoms with E-state index in [2.05, 4.69) is 15.3 Å². The first kappa shape index (κ1) is 22.1. The largest absolute Gasteiger partial charge is 0.354 e. The third kappa shape index (κ3) is 4.71.